The third-order valence-corrected chi connectivity index (χ3v) is 6.68. The number of carbonyl (C=O) groups excluding carboxylic acids is 1. The van der Waals surface area contributed by atoms with Gasteiger partial charge in [-0.25, -0.2) is 9.37 Å². The summed E-state index contributed by atoms with van der Waals surface area (Å²) >= 11 is 6.68. The van der Waals surface area contributed by atoms with Crippen molar-refractivity contribution < 1.29 is 14.3 Å². The van der Waals surface area contributed by atoms with Crippen LogP contribution in [0.4, 0.5) is 16.2 Å². The Bertz CT molecular complexity index is 1510. The highest BCUT2D eigenvalue weighted by atomic mass is 35.5. The van der Waals surface area contributed by atoms with Gasteiger partial charge in [0.2, 0.25) is 11.9 Å². The number of piperazine rings is 1. The highest BCUT2D eigenvalue weighted by Crippen LogP contribution is 2.42. The maximum atomic E-state index is 16.1. The summed E-state index contributed by atoms with van der Waals surface area (Å²) in [6, 6.07) is 12.0. The van der Waals surface area contributed by atoms with Gasteiger partial charge in [0.25, 0.3) is 0 Å². The lowest BCUT2D eigenvalue weighted by molar-refractivity contribution is -0.126. The van der Waals surface area contributed by atoms with Crippen LogP contribution < -0.4 is 10.6 Å². The molecule has 0 saturated carbocycles. The van der Waals surface area contributed by atoms with Crippen molar-refractivity contribution in [3.05, 3.63) is 66.0 Å². The van der Waals surface area contributed by atoms with E-state index < -0.39 is 5.82 Å². The van der Waals surface area contributed by atoms with E-state index in [1.807, 2.05) is 36.1 Å². The second-order valence-electron chi connectivity index (χ2n) is 8.59. The second kappa shape index (κ2) is 8.70. The molecule has 1 amide bonds. The Morgan fingerprint density at radius 1 is 1.23 bits per heavy atom. The Morgan fingerprint density at radius 2 is 2.00 bits per heavy atom. The van der Waals surface area contributed by atoms with Crippen LogP contribution in [0.2, 0.25) is 5.02 Å². The van der Waals surface area contributed by atoms with E-state index in [1.54, 1.807) is 17.0 Å². The zero-order valence-corrected chi connectivity index (χ0v) is 19.8. The smallest absolute Gasteiger partial charge is 0.246 e. The van der Waals surface area contributed by atoms with E-state index in [1.165, 1.54) is 12.1 Å². The lowest BCUT2D eigenvalue weighted by atomic mass is 9.96. The van der Waals surface area contributed by atoms with Crippen LogP contribution in [-0.4, -0.2) is 51.6 Å². The van der Waals surface area contributed by atoms with Gasteiger partial charge in [0.15, 0.2) is 5.82 Å². The SMILES string of the molecule is C=CC(=O)N1CCN(c2nc(N)nc3c(F)c(-c4cc(O)cc5ccccc45)c(Cl)cc23)[C@H](C)C1. The summed E-state index contributed by atoms with van der Waals surface area (Å²) < 4.78 is 16.1. The average molecular weight is 492 g/mol. The maximum Gasteiger partial charge on any atom is 0.246 e. The maximum absolute atomic E-state index is 16.1. The molecular formula is C26H23ClFN5O2. The zero-order chi connectivity index (χ0) is 24.9. The molecule has 1 fully saturated rings. The summed E-state index contributed by atoms with van der Waals surface area (Å²) in [5, 5.41) is 12.4. The summed E-state index contributed by atoms with van der Waals surface area (Å²) in [6.07, 6.45) is 1.29. The predicted molar refractivity (Wildman–Crippen MR) is 137 cm³/mol. The van der Waals surface area contributed by atoms with Crippen LogP contribution in [0.5, 0.6) is 5.75 Å². The van der Waals surface area contributed by atoms with Gasteiger partial charge in [0, 0.05) is 36.6 Å². The number of fused-ring (bicyclic) bond motifs is 2. The number of hydrogen-bond donors (Lipinski definition) is 2. The standard InChI is InChI=1S/C26H23ClFN5O2/c1-3-21(35)32-8-9-33(14(2)13-32)25-19-12-20(27)22(23(28)24(19)30-26(29)31-25)18-11-16(34)10-15-6-4-5-7-17(15)18/h3-7,10-12,14,34H,1,8-9,13H2,2H3,(H2,29,30,31)/t14-/m1/s1. The first-order valence-corrected chi connectivity index (χ1v) is 11.5. The molecule has 4 aromatic rings. The molecule has 1 aliphatic heterocycles. The molecule has 3 aromatic carbocycles. The number of halogens is 2. The number of aromatic nitrogens is 2. The Morgan fingerprint density at radius 3 is 2.74 bits per heavy atom. The highest BCUT2D eigenvalue weighted by Gasteiger charge is 2.29. The van der Waals surface area contributed by atoms with Gasteiger partial charge in [0.05, 0.1) is 5.02 Å². The molecule has 178 valence electrons. The molecular weight excluding hydrogens is 469 g/mol. The van der Waals surface area contributed by atoms with Crippen LogP contribution in [0.25, 0.3) is 32.8 Å². The Kier molecular flexibility index (Phi) is 5.68. The monoisotopic (exact) mass is 491 g/mol. The number of phenolic OH excluding ortho intramolecular Hbond substituents is 1. The van der Waals surface area contributed by atoms with E-state index in [-0.39, 0.29) is 39.7 Å². The Hall–Kier alpha value is -3.91. The molecule has 1 aliphatic rings. The predicted octanol–water partition coefficient (Wildman–Crippen LogP) is 4.75. The van der Waals surface area contributed by atoms with E-state index in [9.17, 15) is 9.90 Å². The first-order valence-electron chi connectivity index (χ1n) is 11.1. The fourth-order valence-corrected chi connectivity index (χ4v) is 5.06. The summed E-state index contributed by atoms with van der Waals surface area (Å²) in [5.74, 6) is -0.402. The normalized spacial score (nSPS) is 16.1. The molecule has 1 saturated heterocycles. The van der Waals surface area contributed by atoms with Crippen LogP contribution >= 0.6 is 11.6 Å². The molecule has 7 nitrogen and oxygen atoms in total. The number of aromatic hydroxyl groups is 1. The number of phenols is 1. The van der Waals surface area contributed by atoms with Gasteiger partial charge in [-0.05, 0) is 47.5 Å². The molecule has 0 unspecified atom stereocenters. The van der Waals surface area contributed by atoms with Crippen molar-refractivity contribution in [2.45, 2.75) is 13.0 Å². The van der Waals surface area contributed by atoms with Gasteiger partial charge in [0.1, 0.15) is 17.1 Å². The van der Waals surface area contributed by atoms with Crippen molar-refractivity contribution in [2.24, 2.45) is 0 Å². The minimum Gasteiger partial charge on any atom is -0.508 e. The summed E-state index contributed by atoms with van der Waals surface area (Å²) in [6.45, 7) is 6.91. The summed E-state index contributed by atoms with van der Waals surface area (Å²) in [4.78, 5) is 24.4. The average Bonchev–Trinajstić information content (AvgIpc) is 2.83. The quantitative estimate of drug-likeness (QED) is 0.401. The number of hydrogen-bond acceptors (Lipinski definition) is 6. The first kappa shape index (κ1) is 22.9. The van der Waals surface area contributed by atoms with Gasteiger partial charge < -0.3 is 20.6 Å². The van der Waals surface area contributed by atoms with Crippen molar-refractivity contribution in [2.75, 3.05) is 30.3 Å². The van der Waals surface area contributed by atoms with Crippen LogP contribution in [0, 0.1) is 5.82 Å². The highest BCUT2D eigenvalue weighted by molar-refractivity contribution is 6.35. The van der Waals surface area contributed by atoms with Gasteiger partial charge in [-0.3, -0.25) is 4.79 Å². The minimum atomic E-state index is -0.647. The molecule has 0 radical (unpaired) electrons. The largest absolute Gasteiger partial charge is 0.508 e. The third-order valence-electron chi connectivity index (χ3n) is 6.38. The van der Waals surface area contributed by atoms with E-state index in [0.717, 1.165) is 10.8 Å². The number of rotatable bonds is 3. The van der Waals surface area contributed by atoms with Gasteiger partial charge >= 0.3 is 0 Å². The molecule has 1 atom stereocenters. The van der Waals surface area contributed by atoms with Crippen LogP contribution in [0.1, 0.15) is 6.92 Å². The molecule has 9 heteroatoms. The van der Waals surface area contributed by atoms with Crippen molar-refractivity contribution in [1.29, 1.82) is 0 Å². The Labute approximate surface area is 206 Å². The van der Waals surface area contributed by atoms with Crippen LogP contribution in [-0.2, 0) is 4.79 Å². The van der Waals surface area contributed by atoms with Crippen molar-refractivity contribution in [3.8, 4) is 16.9 Å². The number of carbonyl (C=O) groups is 1. The summed E-state index contributed by atoms with van der Waals surface area (Å²) in [7, 11) is 0. The molecule has 35 heavy (non-hydrogen) atoms. The molecule has 0 bridgehead atoms. The van der Waals surface area contributed by atoms with Gasteiger partial charge in [-0.2, -0.15) is 4.98 Å². The molecule has 0 aliphatic carbocycles. The lowest BCUT2D eigenvalue weighted by Gasteiger charge is -2.40. The van der Waals surface area contributed by atoms with Crippen LogP contribution in [0.15, 0.2) is 55.1 Å². The first-order chi connectivity index (χ1) is 16.8. The minimum absolute atomic E-state index is 0.00192. The molecule has 2 heterocycles. The zero-order valence-electron chi connectivity index (χ0n) is 19.0. The van der Waals surface area contributed by atoms with Crippen molar-refractivity contribution in [3.63, 3.8) is 0 Å². The summed E-state index contributed by atoms with van der Waals surface area (Å²) in [5.41, 5.74) is 6.64. The fourth-order valence-electron chi connectivity index (χ4n) is 4.77. The van der Waals surface area contributed by atoms with E-state index in [0.29, 0.717) is 36.4 Å². The van der Waals surface area contributed by atoms with Gasteiger partial charge in [-0.1, -0.05) is 42.4 Å². The van der Waals surface area contributed by atoms with Gasteiger partial charge in [-0.15, -0.1) is 0 Å². The number of nitrogen functional groups attached to an aromatic ring is 1. The lowest BCUT2D eigenvalue weighted by Crippen LogP contribution is -2.53. The fraction of sp³-hybridized carbons (Fsp3) is 0.192. The van der Waals surface area contributed by atoms with Crippen molar-refractivity contribution >= 4 is 50.9 Å². The second-order valence-corrected chi connectivity index (χ2v) is 9.00. The Balaban J connectivity index is 1.68. The topological polar surface area (TPSA) is 95.6 Å². The molecule has 5 rings (SSSR count). The van der Waals surface area contributed by atoms with E-state index >= 15 is 4.39 Å². The number of nitrogens with two attached hydrogens (primary N) is 1. The number of benzene rings is 3. The molecule has 0 spiro atoms. The van der Waals surface area contributed by atoms with E-state index in [2.05, 4.69) is 16.5 Å². The van der Waals surface area contributed by atoms with Crippen molar-refractivity contribution in [1.82, 2.24) is 14.9 Å². The third kappa shape index (κ3) is 3.89. The number of anilines is 2. The molecule has 3 N–H and O–H groups in total. The molecule has 1 aromatic heterocycles. The van der Waals surface area contributed by atoms with Crippen LogP contribution in [0.3, 0.4) is 0 Å². The number of amides is 1. The van der Waals surface area contributed by atoms with E-state index in [4.69, 9.17) is 17.3 Å². The number of nitrogens with zero attached hydrogens (tertiary/aromatic N) is 4.